The van der Waals surface area contributed by atoms with Crippen LogP contribution in [0.1, 0.15) is 30.8 Å². The zero-order valence-electron chi connectivity index (χ0n) is 12.8. The van der Waals surface area contributed by atoms with Crippen molar-refractivity contribution in [3.63, 3.8) is 0 Å². The summed E-state index contributed by atoms with van der Waals surface area (Å²) in [5.41, 5.74) is 2.79. The first-order chi connectivity index (χ1) is 10.2. The lowest BCUT2D eigenvalue weighted by atomic mass is 10.2. The second kappa shape index (κ2) is 7.13. The van der Waals surface area contributed by atoms with Gasteiger partial charge in [0.15, 0.2) is 11.5 Å². The average Bonchev–Trinajstić information content (AvgIpc) is 2.94. The zero-order chi connectivity index (χ0) is 15.2. The molecule has 2 rings (SSSR count). The Kier molecular flexibility index (Phi) is 5.22. The fourth-order valence-electron chi connectivity index (χ4n) is 2.23. The normalized spacial score (nSPS) is 10.7. The van der Waals surface area contributed by atoms with Gasteiger partial charge in [0.1, 0.15) is 6.61 Å². The molecule has 1 aromatic carbocycles. The third kappa shape index (κ3) is 3.36. The minimum Gasteiger partial charge on any atom is -0.493 e. The van der Waals surface area contributed by atoms with Gasteiger partial charge in [-0.1, -0.05) is 19.1 Å². The highest BCUT2D eigenvalue weighted by Gasteiger charge is 2.12. The summed E-state index contributed by atoms with van der Waals surface area (Å²) >= 11 is 0. The second-order valence-corrected chi connectivity index (χ2v) is 4.69. The topological polar surface area (TPSA) is 56.5 Å². The predicted octanol–water partition coefficient (Wildman–Crippen LogP) is 2.55. The lowest BCUT2D eigenvalue weighted by molar-refractivity contribution is 0.245. The van der Waals surface area contributed by atoms with Crippen molar-refractivity contribution >= 4 is 0 Å². The molecule has 0 bridgehead atoms. The van der Waals surface area contributed by atoms with Gasteiger partial charge in [-0.3, -0.25) is 4.68 Å². The van der Waals surface area contributed by atoms with E-state index in [-0.39, 0.29) is 6.61 Å². The molecule has 0 fully saturated rings. The van der Waals surface area contributed by atoms with E-state index in [4.69, 9.17) is 9.47 Å². The fourth-order valence-corrected chi connectivity index (χ4v) is 2.23. The van der Waals surface area contributed by atoms with Crippen LogP contribution in [-0.2, 0) is 26.2 Å². The zero-order valence-corrected chi connectivity index (χ0v) is 12.8. The molecule has 0 aliphatic heterocycles. The maximum atomic E-state index is 9.43. The number of hydrogen-bond donors (Lipinski definition) is 1. The molecular formula is C16H22N2O3. The molecular weight excluding hydrogens is 268 g/mol. The summed E-state index contributed by atoms with van der Waals surface area (Å²) < 4.78 is 13.1. The third-order valence-electron chi connectivity index (χ3n) is 3.39. The Bertz CT molecular complexity index is 571. The summed E-state index contributed by atoms with van der Waals surface area (Å²) in [5.74, 6) is 1.21. The molecule has 1 aromatic heterocycles. The molecule has 0 saturated carbocycles. The number of ether oxygens (including phenoxy) is 2. The van der Waals surface area contributed by atoms with Crippen LogP contribution < -0.4 is 9.47 Å². The Morgan fingerprint density at radius 1 is 1.29 bits per heavy atom. The van der Waals surface area contributed by atoms with E-state index in [1.165, 1.54) is 0 Å². The van der Waals surface area contributed by atoms with Crippen LogP contribution in [0.15, 0.2) is 24.3 Å². The van der Waals surface area contributed by atoms with Crippen LogP contribution in [0.3, 0.4) is 0 Å². The van der Waals surface area contributed by atoms with Gasteiger partial charge in [-0.15, -0.1) is 0 Å². The van der Waals surface area contributed by atoms with Crippen molar-refractivity contribution in [2.24, 2.45) is 0 Å². The molecule has 0 saturated heterocycles. The maximum absolute atomic E-state index is 9.43. The van der Waals surface area contributed by atoms with E-state index in [0.29, 0.717) is 23.7 Å². The van der Waals surface area contributed by atoms with Gasteiger partial charge < -0.3 is 14.6 Å². The SMILES string of the molecule is CCc1cc(COc2c(CO)cccc2OC)n(CC)n1. The Morgan fingerprint density at radius 2 is 2.10 bits per heavy atom. The molecule has 5 nitrogen and oxygen atoms in total. The number of rotatable bonds is 7. The van der Waals surface area contributed by atoms with Gasteiger partial charge in [-0.25, -0.2) is 0 Å². The summed E-state index contributed by atoms with van der Waals surface area (Å²) in [5, 5.41) is 13.9. The fraction of sp³-hybridized carbons (Fsp3) is 0.438. The molecule has 2 aromatic rings. The number of hydrogen-bond acceptors (Lipinski definition) is 4. The summed E-state index contributed by atoms with van der Waals surface area (Å²) in [6.07, 6.45) is 0.899. The first-order valence-corrected chi connectivity index (χ1v) is 7.18. The Balaban J connectivity index is 2.21. The molecule has 0 unspecified atom stereocenters. The number of para-hydroxylation sites is 1. The molecule has 21 heavy (non-hydrogen) atoms. The molecule has 1 heterocycles. The summed E-state index contributed by atoms with van der Waals surface area (Å²) in [4.78, 5) is 0. The Labute approximate surface area is 125 Å². The van der Waals surface area contributed by atoms with Gasteiger partial charge in [-0.2, -0.15) is 5.10 Å². The highest BCUT2D eigenvalue weighted by molar-refractivity contribution is 5.46. The number of benzene rings is 1. The monoisotopic (exact) mass is 290 g/mol. The lowest BCUT2D eigenvalue weighted by Crippen LogP contribution is -2.07. The summed E-state index contributed by atoms with van der Waals surface area (Å²) in [6.45, 7) is 5.25. The smallest absolute Gasteiger partial charge is 0.167 e. The van der Waals surface area contributed by atoms with E-state index in [1.807, 2.05) is 22.9 Å². The van der Waals surface area contributed by atoms with Crippen LogP contribution >= 0.6 is 0 Å². The average molecular weight is 290 g/mol. The number of aryl methyl sites for hydroxylation is 2. The molecule has 0 radical (unpaired) electrons. The van der Waals surface area contributed by atoms with E-state index in [1.54, 1.807) is 7.11 Å². The number of aliphatic hydroxyl groups is 1. The Morgan fingerprint density at radius 3 is 2.71 bits per heavy atom. The highest BCUT2D eigenvalue weighted by atomic mass is 16.5. The predicted molar refractivity (Wildman–Crippen MR) is 80.5 cm³/mol. The first kappa shape index (κ1) is 15.4. The van der Waals surface area contributed by atoms with Crippen LogP contribution in [0, 0.1) is 0 Å². The van der Waals surface area contributed by atoms with Crippen molar-refractivity contribution in [3.05, 3.63) is 41.2 Å². The van der Waals surface area contributed by atoms with E-state index in [9.17, 15) is 5.11 Å². The molecule has 1 N–H and O–H groups in total. The van der Waals surface area contributed by atoms with Crippen LogP contribution in [0.5, 0.6) is 11.5 Å². The minimum atomic E-state index is -0.0835. The van der Waals surface area contributed by atoms with Gasteiger partial charge in [0.2, 0.25) is 0 Å². The third-order valence-corrected chi connectivity index (χ3v) is 3.39. The molecule has 0 amide bonds. The van der Waals surface area contributed by atoms with Crippen molar-refractivity contribution in [2.75, 3.05) is 7.11 Å². The molecule has 0 spiro atoms. The van der Waals surface area contributed by atoms with Crippen molar-refractivity contribution in [1.29, 1.82) is 0 Å². The van der Waals surface area contributed by atoms with Crippen LogP contribution in [0.2, 0.25) is 0 Å². The second-order valence-electron chi connectivity index (χ2n) is 4.69. The van der Waals surface area contributed by atoms with Crippen molar-refractivity contribution in [1.82, 2.24) is 9.78 Å². The van der Waals surface area contributed by atoms with Gasteiger partial charge >= 0.3 is 0 Å². The number of methoxy groups -OCH3 is 1. The summed E-state index contributed by atoms with van der Waals surface area (Å²) in [6, 6.07) is 7.54. The molecule has 0 aliphatic carbocycles. The van der Waals surface area contributed by atoms with E-state index < -0.39 is 0 Å². The van der Waals surface area contributed by atoms with Crippen molar-refractivity contribution in [2.45, 2.75) is 40.0 Å². The standard InChI is InChI=1S/C16H22N2O3/c1-4-13-9-14(18(5-2)17-13)11-21-16-12(10-19)7-6-8-15(16)20-3/h6-9,19H,4-5,10-11H2,1-3H3. The number of aliphatic hydroxyl groups excluding tert-OH is 1. The highest BCUT2D eigenvalue weighted by Crippen LogP contribution is 2.31. The molecule has 114 valence electrons. The van der Waals surface area contributed by atoms with Crippen LogP contribution in [0.25, 0.3) is 0 Å². The molecule has 0 atom stereocenters. The van der Waals surface area contributed by atoms with E-state index in [2.05, 4.69) is 25.0 Å². The van der Waals surface area contributed by atoms with Gasteiger partial charge in [-0.05, 0) is 25.5 Å². The van der Waals surface area contributed by atoms with E-state index >= 15 is 0 Å². The first-order valence-electron chi connectivity index (χ1n) is 7.18. The van der Waals surface area contributed by atoms with Crippen LogP contribution in [0.4, 0.5) is 0 Å². The van der Waals surface area contributed by atoms with Crippen LogP contribution in [-0.4, -0.2) is 22.0 Å². The van der Waals surface area contributed by atoms with Gasteiger partial charge in [0.05, 0.1) is 25.1 Å². The molecule has 5 heteroatoms. The number of nitrogens with zero attached hydrogens (tertiary/aromatic N) is 2. The lowest BCUT2D eigenvalue weighted by Gasteiger charge is -2.14. The van der Waals surface area contributed by atoms with E-state index in [0.717, 1.165) is 24.4 Å². The van der Waals surface area contributed by atoms with Gasteiger partial charge in [0.25, 0.3) is 0 Å². The minimum absolute atomic E-state index is 0.0835. The van der Waals surface area contributed by atoms with Crippen molar-refractivity contribution in [3.8, 4) is 11.5 Å². The largest absolute Gasteiger partial charge is 0.493 e. The Hall–Kier alpha value is -2.01. The summed E-state index contributed by atoms with van der Waals surface area (Å²) in [7, 11) is 1.59. The van der Waals surface area contributed by atoms with Gasteiger partial charge in [0, 0.05) is 12.1 Å². The number of aromatic nitrogens is 2. The van der Waals surface area contributed by atoms with Crippen molar-refractivity contribution < 1.29 is 14.6 Å². The maximum Gasteiger partial charge on any atom is 0.167 e. The quantitative estimate of drug-likeness (QED) is 0.851. The molecule has 0 aliphatic rings.